The monoisotopic (exact) mass is 385 g/mol. The molecule has 0 bridgehead atoms. The van der Waals surface area contributed by atoms with Gasteiger partial charge in [-0.2, -0.15) is 0 Å². The minimum absolute atomic E-state index is 0.203. The number of hydrogen-bond donors (Lipinski definition) is 2. The molecule has 28 heavy (non-hydrogen) atoms. The standard InChI is InChI=1S/C20H28FN7/c1-22-19(26-16-17-6-2-3-7-18(17)21)23-10-5-11-27-12-14-28(15-13-27)20-24-8-4-9-25-20/h2-4,6-9H,5,10-16H2,1H3,(H2,22,23,26). The number of aromatic nitrogens is 2. The zero-order chi connectivity index (χ0) is 19.6. The summed E-state index contributed by atoms with van der Waals surface area (Å²) in [5.41, 5.74) is 0.630. The summed E-state index contributed by atoms with van der Waals surface area (Å²) in [7, 11) is 1.72. The number of anilines is 1. The molecule has 1 aromatic heterocycles. The molecule has 1 aliphatic rings. The molecule has 0 unspecified atom stereocenters. The van der Waals surface area contributed by atoms with Crippen LogP contribution in [-0.4, -0.2) is 67.1 Å². The minimum atomic E-state index is -0.203. The number of aliphatic imine (C=N–C) groups is 1. The van der Waals surface area contributed by atoms with E-state index in [2.05, 4.69) is 35.4 Å². The van der Waals surface area contributed by atoms with Gasteiger partial charge in [0.05, 0.1) is 0 Å². The van der Waals surface area contributed by atoms with Crippen LogP contribution in [-0.2, 0) is 6.54 Å². The van der Waals surface area contributed by atoms with Crippen LogP contribution in [0.2, 0.25) is 0 Å². The third kappa shape index (κ3) is 5.88. The molecule has 0 amide bonds. The summed E-state index contributed by atoms with van der Waals surface area (Å²) in [5.74, 6) is 1.30. The van der Waals surface area contributed by atoms with E-state index in [9.17, 15) is 4.39 Å². The Morgan fingerprint density at radius 2 is 1.82 bits per heavy atom. The SMILES string of the molecule is CN=C(NCCCN1CCN(c2ncccn2)CC1)NCc1ccccc1F. The Kier molecular flexibility index (Phi) is 7.54. The molecule has 0 spiro atoms. The van der Waals surface area contributed by atoms with Gasteiger partial charge in [0, 0.05) is 64.3 Å². The van der Waals surface area contributed by atoms with Gasteiger partial charge in [0.25, 0.3) is 0 Å². The van der Waals surface area contributed by atoms with Crippen molar-refractivity contribution in [3.05, 3.63) is 54.1 Å². The maximum absolute atomic E-state index is 13.7. The Labute approximate surface area is 165 Å². The Morgan fingerprint density at radius 1 is 1.07 bits per heavy atom. The molecule has 1 fully saturated rings. The first-order valence-electron chi connectivity index (χ1n) is 9.68. The predicted molar refractivity (Wildman–Crippen MR) is 110 cm³/mol. The van der Waals surface area contributed by atoms with Crippen molar-refractivity contribution < 1.29 is 4.39 Å². The van der Waals surface area contributed by atoms with Crippen LogP contribution in [0.4, 0.5) is 10.3 Å². The van der Waals surface area contributed by atoms with Gasteiger partial charge in [-0.1, -0.05) is 18.2 Å². The number of benzene rings is 1. The second-order valence-corrected chi connectivity index (χ2v) is 6.67. The third-order valence-corrected chi connectivity index (χ3v) is 4.78. The van der Waals surface area contributed by atoms with E-state index < -0.39 is 0 Å². The fraction of sp³-hybridized carbons (Fsp3) is 0.450. The van der Waals surface area contributed by atoms with Crippen LogP contribution >= 0.6 is 0 Å². The Balaban J connectivity index is 1.31. The molecule has 2 aromatic rings. The van der Waals surface area contributed by atoms with Crippen molar-refractivity contribution in [3.63, 3.8) is 0 Å². The summed E-state index contributed by atoms with van der Waals surface area (Å²) in [4.78, 5) is 17.5. The molecule has 0 saturated carbocycles. The molecule has 0 atom stereocenters. The largest absolute Gasteiger partial charge is 0.356 e. The number of hydrogen-bond acceptors (Lipinski definition) is 5. The smallest absolute Gasteiger partial charge is 0.225 e. The van der Waals surface area contributed by atoms with Gasteiger partial charge < -0.3 is 15.5 Å². The molecule has 2 heterocycles. The van der Waals surface area contributed by atoms with E-state index >= 15 is 0 Å². The normalized spacial score (nSPS) is 15.5. The highest BCUT2D eigenvalue weighted by Crippen LogP contribution is 2.09. The molecule has 150 valence electrons. The predicted octanol–water partition coefficient (Wildman–Crippen LogP) is 1.49. The lowest BCUT2D eigenvalue weighted by Gasteiger charge is -2.34. The highest BCUT2D eigenvalue weighted by Gasteiger charge is 2.18. The zero-order valence-corrected chi connectivity index (χ0v) is 16.3. The molecule has 2 N–H and O–H groups in total. The molecular weight excluding hydrogens is 357 g/mol. The van der Waals surface area contributed by atoms with Crippen LogP contribution in [0, 0.1) is 5.82 Å². The molecule has 1 aliphatic heterocycles. The number of rotatable bonds is 7. The summed E-state index contributed by atoms with van der Waals surface area (Å²) in [6, 6.07) is 8.61. The summed E-state index contributed by atoms with van der Waals surface area (Å²) in [6.45, 7) is 6.18. The molecule has 0 radical (unpaired) electrons. The fourth-order valence-electron chi connectivity index (χ4n) is 3.18. The first-order chi connectivity index (χ1) is 13.8. The highest BCUT2D eigenvalue weighted by molar-refractivity contribution is 5.79. The van der Waals surface area contributed by atoms with Gasteiger partial charge >= 0.3 is 0 Å². The highest BCUT2D eigenvalue weighted by atomic mass is 19.1. The topological polar surface area (TPSA) is 68.7 Å². The average molecular weight is 385 g/mol. The quantitative estimate of drug-likeness (QED) is 0.428. The summed E-state index contributed by atoms with van der Waals surface area (Å²) >= 11 is 0. The molecule has 0 aliphatic carbocycles. The first kappa shape index (κ1) is 20.0. The van der Waals surface area contributed by atoms with Crippen LogP contribution in [0.15, 0.2) is 47.7 Å². The van der Waals surface area contributed by atoms with Gasteiger partial charge in [0.15, 0.2) is 5.96 Å². The van der Waals surface area contributed by atoms with E-state index in [4.69, 9.17) is 0 Å². The lowest BCUT2D eigenvalue weighted by atomic mass is 10.2. The molecule has 7 nitrogen and oxygen atoms in total. The maximum Gasteiger partial charge on any atom is 0.225 e. The van der Waals surface area contributed by atoms with Crippen molar-refractivity contribution in [1.29, 1.82) is 0 Å². The third-order valence-electron chi connectivity index (χ3n) is 4.78. The molecule has 1 aromatic carbocycles. The van der Waals surface area contributed by atoms with E-state index in [1.165, 1.54) is 6.07 Å². The van der Waals surface area contributed by atoms with E-state index in [1.807, 2.05) is 12.1 Å². The molecule has 3 rings (SSSR count). The van der Waals surface area contributed by atoms with Gasteiger partial charge in [-0.05, 0) is 25.1 Å². The second-order valence-electron chi connectivity index (χ2n) is 6.67. The second kappa shape index (κ2) is 10.6. The number of halogens is 1. The van der Waals surface area contributed by atoms with Crippen LogP contribution in [0.1, 0.15) is 12.0 Å². The van der Waals surface area contributed by atoms with Crippen LogP contribution in [0.5, 0.6) is 0 Å². The first-order valence-corrected chi connectivity index (χ1v) is 9.68. The number of guanidine groups is 1. The fourth-order valence-corrected chi connectivity index (χ4v) is 3.18. The summed E-state index contributed by atoms with van der Waals surface area (Å²) in [6.07, 6.45) is 4.59. The van der Waals surface area contributed by atoms with Crippen LogP contribution in [0.25, 0.3) is 0 Å². The molecule has 1 saturated heterocycles. The van der Waals surface area contributed by atoms with Gasteiger partial charge in [-0.25, -0.2) is 14.4 Å². The lowest BCUT2D eigenvalue weighted by Crippen LogP contribution is -2.47. The van der Waals surface area contributed by atoms with Crippen molar-refractivity contribution in [3.8, 4) is 0 Å². The van der Waals surface area contributed by atoms with Gasteiger partial charge in [0.1, 0.15) is 5.82 Å². The number of nitrogens with one attached hydrogen (secondary N) is 2. The van der Waals surface area contributed by atoms with Crippen molar-refractivity contribution in [2.75, 3.05) is 51.2 Å². The zero-order valence-electron chi connectivity index (χ0n) is 16.3. The Hall–Kier alpha value is -2.74. The number of piperazine rings is 1. The van der Waals surface area contributed by atoms with Crippen LogP contribution < -0.4 is 15.5 Å². The molecular formula is C20H28FN7. The van der Waals surface area contributed by atoms with Crippen molar-refractivity contribution in [2.45, 2.75) is 13.0 Å². The van der Waals surface area contributed by atoms with Gasteiger partial charge in [0.2, 0.25) is 5.95 Å². The van der Waals surface area contributed by atoms with E-state index in [-0.39, 0.29) is 5.82 Å². The minimum Gasteiger partial charge on any atom is -0.356 e. The Morgan fingerprint density at radius 3 is 2.54 bits per heavy atom. The lowest BCUT2D eigenvalue weighted by molar-refractivity contribution is 0.254. The van der Waals surface area contributed by atoms with Crippen molar-refractivity contribution in [1.82, 2.24) is 25.5 Å². The average Bonchev–Trinajstić information content (AvgIpc) is 2.75. The maximum atomic E-state index is 13.7. The molecule has 8 heteroatoms. The van der Waals surface area contributed by atoms with Crippen molar-refractivity contribution >= 4 is 11.9 Å². The van der Waals surface area contributed by atoms with E-state index in [0.717, 1.165) is 51.6 Å². The van der Waals surface area contributed by atoms with Gasteiger partial charge in [-0.3, -0.25) is 9.89 Å². The van der Waals surface area contributed by atoms with Crippen LogP contribution in [0.3, 0.4) is 0 Å². The van der Waals surface area contributed by atoms with Gasteiger partial charge in [-0.15, -0.1) is 0 Å². The Bertz CT molecular complexity index is 745. The number of nitrogens with zero attached hydrogens (tertiary/aromatic N) is 5. The van der Waals surface area contributed by atoms with Crippen molar-refractivity contribution in [2.24, 2.45) is 4.99 Å². The summed E-state index contributed by atoms with van der Waals surface area (Å²) < 4.78 is 13.7. The van der Waals surface area contributed by atoms with E-state index in [0.29, 0.717) is 18.1 Å². The van der Waals surface area contributed by atoms with E-state index in [1.54, 1.807) is 31.6 Å². The summed E-state index contributed by atoms with van der Waals surface area (Å²) in [5, 5.41) is 6.45.